The van der Waals surface area contributed by atoms with Crippen molar-refractivity contribution in [2.45, 2.75) is 6.54 Å². The molecule has 1 aromatic carbocycles. The summed E-state index contributed by atoms with van der Waals surface area (Å²) < 4.78 is 14.9. The highest BCUT2D eigenvalue weighted by Crippen LogP contribution is 2.15. The van der Waals surface area contributed by atoms with Crippen LogP contribution in [0.25, 0.3) is 0 Å². The minimum Gasteiger partial charge on any atom is -0.268 e. The fourth-order valence-corrected chi connectivity index (χ4v) is 1.43. The van der Waals surface area contributed by atoms with Crippen LogP contribution in [0.15, 0.2) is 36.7 Å². The van der Waals surface area contributed by atoms with Gasteiger partial charge in [-0.15, -0.1) is 0 Å². The first-order valence-electron chi connectivity index (χ1n) is 4.17. The van der Waals surface area contributed by atoms with E-state index >= 15 is 0 Å². The molecule has 0 unspecified atom stereocenters. The third-order valence-corrected chi connectivity index (χ3v) is 2.13. The summed E-state index contributed by atoms with van der Waals surface area (Å²) in [6.07, 6.45) is 3.43. The van der Waals surface area contributed by atoms with Crippen LogP contribution in [-0.4, -0.2) is 9.78 Å². The molecule has 0 atom stereocenters. The number of nitrogens with zero attached hydrogens (tertiary/aromatic N) is 2. The van der Waals surface area contributed by atoms with E-state index in [1.165, 1.54) is 12.1 Å². The zero-order valence-corrected chi connectivity index (χ0v) is 8.08. The molecule has 0 saturated carbocycles. The maximum Gasteiger partial charge on any atom is 0.128 e. The van der Waals surface area contributed by atoms with Crippen molar-refractivity contribution in [3.63, 3.8) is 0 Å². The highest BCUT2D eigenvalue weighted by Gasteiger charge is 2.03. The Morgan fingerprint density at radius 2 is 2.29 bits per heavy atom. The summed E-state index contributed by atoms with van der Waals surface area (Å²) >= 11 is 5.76. The average molecular weight is 211 g/mol. The summed E-state index contributed by atoms with van der Waals surface area (Å²) in [6, 6.07) is 6.30. The molecular formula is C10H8ClFN2. The molecule has 2 aromatic rings. The number of benzene rings is 1. The predicted octanol–water partition coefficient (Wildman–Crippen LogP) is 2.72. The monoisotopic (exact) mass is 210 g/mol. The van der Waals surface area contributed by atoms with Crippen LogP contribution in [0.4, 0.5) is 4.39 Å². The molecule has 0 bridgehead atoms. The van der Waals surface area contributed by atoms with E-state index in [4.69, 9.17) is 11.6 Å². The van der Waals surface area contributed by atoms with Crippen LogP contribution in [0.5, 0.6) is 0 Å². The van der Waals surface area contributed by atoms with Gasteiger partial charge in [0.15, 0.2) is 0 Å². The molecule has 0 saturated heterocycles. The van der Waals surface area contributed by atoms with Crippen molar-refractivity contribution in [2.75, 3.05) is 0 Å². The first-order valence-corrected chi connectivity index (χ1v) is 4.55. The van der Waals surface area contributed by atoms with E-state index in [-0.39, 0.29) is 5.82 Å². The summed E-state index contributed by atoms with van der Waals surface area (Å²) in [5.74, 6) is -0.259. The van der Waals surface area contributed by atoms with Gasteiger partial charge in [0.1, 0.15) is 5.82 Å². The average Bonchev–Trinajstić information content (AvgIpc) is 2.64. The molecule has 14 heavy (non-hydrogen) atoms. The predicted molar refractivity (Wildman–Crippen MR) is 52.7 cm³/mol. The Hall–Kier alpha value is -1.35. The van der Waals surface area contributed by atoms with Crippen molar-refractivity contribution in [1.29, 1.82) is 0 Å². The first-order chi connectivity index (χ1) is 6.75. The SMILES string of the molecule is Fc1ccc(Cl)cc1Cn1cccn1. The van der Waals surface area contributed by atoms with Crippen LogP contribution in [-0.2, 0) is 6.54 Å². The minimum absolute atomic E-state index is 0.259. The van der Waals surface area contributed by atoms with Gasteiger partial charge in [0.05, 0.1) is 6.54 Å². The highest BCUT2D eigenvalue weighted by molar-refractivity contribution is 6.30. The summed E-state index contributed by atoms with van der Waals surface area (Å²) in [4.78, 5) is 0. The van der Waals surface area contributed by atoms with E-state index in [9.17, 15) is 4.39 Å². The van der Waals surface area contributed by atoms with E-state index in [0.29, 0.717) is 17.1 Å². The lowest BCUT2D eigenvalue weighted by Gasteiger charge is -2.03. The van der Waals surface area contributed by atoms with Crippen molar-refractivity contribution >= 4 is 11.6 Å². The molecule has 0 amide bonds. The van der Waals surface area contributed by atoms with Crippen molar-refractivity contribution < 1.29 is 4.39 Å². The van der Waals surface area contributed by atoms with E-state index in [2.05, 4.69) is 5.10 Å². The van der Waals surface area contributed by atoms with E-state index < -0.39 is 0 Å². The zero-order valence-electron chi connectivity index (χ0n) is 7.32. The molecule has 1 aromatic heterocycles. The molecule has 0 N–H and O–H groups in total. The highest BCUT2D eigenvalue weighted by atomic mass is 35.5. The molecule has 72 valence electrons. The van der Waals surface area contributed by atoms with Crippen molar-refractivity contribution in [3.05, 3.63) is 53.1 Å². The van der Waals surface area contributed by atoms with Crippen LogP contribution < -0.4 is 0 Å². The Morgan fingerprint density at radius 3 is 3.00 bits per heavy atom. The number of hydrogen-bond acceptors (Lipinski definition) is 1. The Labute approximate surface area is 85.9 Å². The van der Waals surface area contributed by atoms with Gasteiger partial charge >= 0.3 is 0 Å². The molecule has 2 rings (SSSR count). The van der Waals surface area contributed by atoms with Gasteiger partial charge in [-0.25, -0.2) is 4.39 Å². The van der Waals surface area contributed by atoms with Gasteiger partial charge in [-0.05, 0) is 24.3 Å². The van der Waals surface area contributed by atoms with Crippen LogP contribution in [0.2, 0.25) is 5.02 Å². The summed E-state index contributed by atoms with van der Waals surface area (Å²) in [6.45, 7) is 0.402. The fraction of sp³-hybridized carbons (Fsp3) is 0.100. The molecule has 2 nitrogen and oxygen atoms in total. The van der Waals surface area contributed by atoms with Gasteiger partial charge in [-0.2, -0.15) is 5.10 Å². The Morgan fingerprint density at radius 1 is 1.43 bits per heavy atom. The second-order valence-electron chi connectivity index (χ2n) is 2.94. The molecule has 1 heterocycles. The van der Waals surface area contributed by atoms with Crippen LogP contribution in [0, 0.1) is 5.82 Å². The second-order valence-corrected chi connectivity index (χ2v) is 3.38. The summed E-state index contributed by atoms with van der Waals surface area (Å²) in [7, 11) is 0. The Balaban J connectivity index is 2.28. The molecular weight excluding hydrogens is 203 g/mol. The van der Waals surface area contributed by atoms with Gasteiger partial charge in [0, 0.05) is 23.0 Å². The molecule has 0 aliphatic carbocycles. The molecule has 0 aliphatic rings. The van der Waals surface area contributed by atoms with Crippen LogP contribution in [0.1, 0.15) is 5.56 Å². The third kappa shape index (κ3) is 1.93. The molecule has 0 radical (unpaired) electrons. The summed E-state index contributed by atoms with van der Waals surface area (Å²) in [5, 5.41) is 4.52. The maximum absolute atomic E-state index is 13.3. The number of rotatable bonds is 2. The lowest BCUT2D eigenvalue weighted by Crippen LogP contribution is -2.01. The number of halogens is 2. The van der Waals surface area contributed by atoms with E-state index in [0.717, 1.165) is 0 Å². The molecule has 0 spiro atoms. The van der Waals surface area contributed by atoms with E-state index in [1.54, 1.807) is 29.2 Å². The van der Waals surface area contributed by atoms with Crippen LogP contribution in [0.3, 0.4) is 0 Å². The Bertz CT molecular complexity index is 426. The van der Waals surface area contributed by atoms with E-state index in [1.807, 2.05) is 0 Å². The third-order valence-electron chi connectivity index (χ3n) is 1.90. The quantitative estimate of drug-likeness (QED) is 0.745. The molecule has 0 aliphatic heterocycles. The second kappa shape index (κ2) is 3.80. The van der Waals surface area contributed by atoms with Gasteiger partial charge in [0.2, 0.25) is 0 Å². The lowest BCUT2D eigenvalue weighted by atomic mass is 10.2. The van der Waals surface area contributed by atoms with Crippen molar-refractivity contribution in [1.82, 2.24) is 9.78 Å². The Kier molecular flexibility index (Phi) is 2.50. The molecule has 4 heteroatoms. The minimum atomic E-state index is -0.259. The smallest absolute Gasteiger partial charge is 0.128 e. The van der Waals surface area contributed by atoms with Crippen LogP contribution >= 0.6 is 11.6 Å². The lowest BCUT2D eigenvalue weighted by molar-refractivity contribution is 0.585. The van der Waals surface area contributed by atoms with Crippen molar-refractivity contribution in [2.24, 2.45) is 0 Å². The van der Waals surface area contributed by atoms with Gasteiger partial charge < -0.3 is 0 Å². The topological polar surface area (TPSA) is 17.8 Å². The number of aromatic nitrogens is 2. The standard InChI is InChI=1S/C10H8ClFN2/c11-9-2-3-10(12)8(6-9)7-14-5-1-4-13-14/h1-6H,7H2. The zero-order chi connectivity index (χ0) is 9.97. The van der Waals surface area contributed by atoms with Crippen molar-refractivity contribution in [3.8, 4) is 0 Å². The number of hydrogen-bond donors (Lipinski definition) is 0. The first kappa shape index (κ1) is 9.21. The van der Waals surface area contributed by atoms with Gasteiger partial charge in [-0.3, -0.25) is 4.68 Å². The van der Waals surface area contributed by atoms with Gasteiger partial charge in [0.25, 0.3) is 0 Å². The van der Waals surface area contributed by atoms with Gasteiger partial charge in [-0.1, -0.05) is 11.6 Å². The molecule has 0 fully saturated rings. The summed E-state index contributed by atoms with van der Waals surface area (Å²) in [5.41, 5.74) is 0.543. The largest absolute Gasteiger partial charge is 0.268 e. The fourth-order valence-electron chi connectivity index (χ4n) is 1.23. The normalized spacial score (nSPS) is 10.4. The maximum atomic E-state index is 13.3.